The lowest BCUT2D eigenvalue weighted by molar-refractivity contribution is -0.384. The normalized spacial score (nSPS) is 12.1. The third-order valence-electron chi connectivity index (χ3n) is 1.87. The van der Waals surface area contributed by atoms with Crippen LogP contribution in [0.2, 0.25) is 0 Å². The van der Waals surface area contributed by atoms with E-state index in [9.17, 15) is 14.9 Å². The molecule has 0 radical (unpaired) electrons. The Morgan fingerprint density at radius 3 is 2.40 bits per heavy atom. The molecule has 1 aromatic carbocycles. The van der Waals surface area contributed by atoms with E-state index in [2.05, 4.69) is 0 Å². The molecule has 1 unspecified atom stereocenters. The molecule has 0 aliphatic heterocycles. The van der Waals surface area contributed by atoms with Gasteiger partial charge < -0.3 is 5.73 Å². The van der Waals surface area contributed by atoms with Crippen molar-refractivity contribution >= 4 is 23.2 Å². The van der Waals surface area contributed by atoms with E-state index < -0.39 is 16.2 Å². The van der Waals surface area contributed by atoms with E-state index in [0.717, 1.165) is 5.56 Å². The zero-order valence-corrected chi connectivity index (χ0v) is 8.48. The standard InChI is InChI=1S/C9H9ClN2O3/c10-8(9(11)13)5-6-1-3-7(4-2-6)12(14)15/h1-4,8H,5H2,(H2,11,13). The van der Waals surface area contributed by atoms with Gasteiger partial charge in [0.1, 0.15) is 5.38 Å². The summed E-state index contributed by atoms with van der Waals surface area (Å²) in [6, 6.07) is 5.83. The highest BCUT2D eigenvalue weighted by Crippen LogP contribution is 2.14. The lowest BCUT2D eigenvalue weighted by Gasteiger charge is -2.04. The van der Waals surface area contributed by atoms with E-state index >= 15 is 0 Å². The molecule has 0 bridgehead atoms. The third-order valence-corrected chi connectivity index (χ3v) is 2.24. The van der Waals surface area contributed by atoms with Crippen molar-refractivity contribution in [2.45, 2.75) is 11.8 Å². The number of amides is 1. The van der Waals surface area contributed by atoms with E-state index in [1.165, 1.54) is 12.1 Å². The number of carbonyl (C=O) groups is 1. The highest BCUT2D eigenvalue weighted by molar-refractivity contribution is 6.30. The molecular formula is C9H9ClN2O3. The van der Waals surface area contributed by atoms with Crippen LogP contribution < -0.4 is 5.73 Å². The molecule has 0 aliphatic rings. The molecule has 1 amide bonds. The van der Waals surface area contributed by atoms with E-state index in [-0.39, 0.29) is 12.1 Å². The van der Waals surface area contributed by atoms with Gasteiger partial charge in [-0.05, 0) is 12.0 Å². The minimum atomic E-state index is -0.786. The monoisotopic (exact) mass is 228 g/mol. The Morgan fingerprint density at radius 1 is 1.47 bits per heavy atom. The van der Waals surface area contributed by atoms with Crippen molar-refractivity contribution in [2.75, 3.05) is 0 Å². The molecule has 5 nitrogen and oxygen atoms in total. The van der Waals surface area contributed by atoms with E-state index in [1.807, 2.05) is 0 Å². The summed E-state index contributed by atoms with van der Waals surface area (Å²) in [6.07, 6.45) is 0.273. The molecule has 0 fully saturated rings. The lowest BCUT2D eigenvalue weighted by Crippen LogP contribution is -2.25. The SMILES string of the molecule is NC(=O)C(Cl)Cc1ccc([N+](=O)[O-])cc1. The largest absolute Gasteiger partial charge is 0.368 e. The first kappa shape index (κ1) is 11.5. The molecule has 80 valence electrons. The summed E-state index contributed by atoms with van der Waals surface area (Å²) in [6.45, 7) is 0. The van der Waals surface area contributed by atoms with Crippen LogP contribution in [0.15, 0.2) is 24.3 Å². The Hall–Kier alpha value is -1.62. The Bertz CT molecular complexity index is 377. The average Bonchev–Trinajstić information content (AvgIpc) is 2.18. The van der Waals surface area contributed by atoms with Gasteiger partial charge in [0.05, 0.1) is 4.92 Å². The van der Waals surface area contributed by atoms with Crippen molar-refractivity contribution < 1.29 is 9.72 Å². The number of hydrogen-bond donors (Lipinski definition) is 1. The number of nitrogens with two attached hydrogens (primary N) is 1. The molecule has 1 aromatic rings. The smallest absolute Gasteiger partial charge is 0.269 e. The first-order valence-corrected chi connectivity index (χ1v) is 4.61. The molecule has 15 heavy (non-hydrogen) atoms. The Labute approximate surface area is 91.0 Å². The van der Waals surface area contributed by atoms with Crippen LogP contribution in [0.3, 0.4) is 0 Å². The number of hydrogen-bond acceptors (Lipinski definition) is 3. The second-order valence-corrected chi connectivity index (χ2v) is 3.52. The minimum absolute atomic E-state index is 0.00366. The van der Waals surface area contributed by atoms with Crippen molar-refractivity contribution in [3.63, 3.8) is 0 Å². The molecule has 0 aromatic heterocycles. The fourth-order valence-corrected chi connectivity index (χ4v) is 1.24. The molecule has 0 heterocycles. The number of benzene rings is 1. The summed E-state index contributed by atoms with van der Waals surface area (Å²) in [5, 5.41) is 9.56. The third kappa shape index (κ3) is 3.21. The van der Waals surface area contributed by atoms with E-state index in [1.54, 1.807) is 12.1 Å². The molecule has 2 N–H and O–H groups in total. The van der Waals surface area contributed by atoms with E-state index in [0.29, 0.717) is 0 Å². The van der Waals surface area contributed by atoms with E-state index in [4.69, 9.17) is 17.3 Å². The van der Waals surface area contributed by atoms with Crippen LogP contribution in [0.5, 0.6) is 0 Å². The van der Waals surface area contributed by atoms with Gasteiger partial charge in [0.15, 0.2) is 0 Å². The quantitative estimate of drug-likeness (QED) is 0.478. The molecule has 0 aliphatic carbocycles. The topological polar surface area (TPSA) is 86.2 Å². The Kier molecular flexibility index (Phi) is 3.62. The number of rotatable bonds is 4. The summed E-state index contributed by atoms with van der Waals surface area (Å²) < 4.78 is 0. The minimum Gasteiger partial charge on any atom is -0.368 e. The second kappa shape index (κ2) is 4.75. The van der Waals surface area contributed by atoms with Crippen LogP contribution in [0.4, 0.5) is 5.69 Å². The van der Waals surface area contributed by atoms with Crippen LogP contribution >= 0.6 is 11.6 Å². The second-order valence-electron chi connectivity index (χ2n) is 3.00. The summed E-state index contributed by atoms with van der Waals surface area (Å²) in [5.74, 6) is -0.602. The maximum absolute atomic E-state index is 10.7. The van der Waals surface area contributed by atoms with Crippen LogP contribution in [-0.2, 0) is 11.2 Å². The highest BCUT2D eigenvalue weighted by atomic mass is 35.5. The summed E-state index contributed by atoms with van der Waals surface area (Å²) in [5.41, 5.74) is 5.72. The molecule has 1 atom stereocenters. The van der Waals surface area contributed by atoms with Gasteiger partial charge in [-0.15, -0.1) is 11.6 Å². The lowest BCUT2D eigenvalue weighted by atomic mass is 10.1. The van der Waals surface area contributed by atoms with Crippen LogP contribution in [0.1, 0.15) is 5.56 Å². The maximum Gasteiger partial charge on any atom is 0.269 e. The van der Waals surface area contributed by atoms with Gasteiger partial charge in [-0.2, -0.15) is 0 Å². The first-order valence-electron chi connectivity index (χ1n) is 4.17. The van der Waals surface area contributed by atoms with Crippen molar-refractivity contribution in [2.24, 2.45) is 5.73 Å². The average molecular weight is 229 g/mol. The number of nitro groups is 1. The van der Waals surface area contributed by atoms with Gasteiger partial charge in [0.2, 0.25) is 5.91 Å². The molecule has 0 saturated heterocycles. The van der Waals surface area contributed by atoms with Gasteiger partial charge in [-0.25, -0.2) is 0 Å². The van der Waals surface area contributed by atoms with Gasteiger partial charge in [-0.3, -0.25) is 14.9 Å². The number of halogens is 1. The van der Waals surface area contributed by atoms with Crippen molar-refractivity contribution in [1.82, 2.24) is 0 Å². The fourth-order valence-electron chi connectivity index (χ4n) is 1.06. The summed E-state index contributed by atoms with van der Waals surface area (Å²) in [7, 11) is 0. The van der Waals surface area contributed by atoms with Crippen molar-refractivity contribution in [1.29, 1.82) is 0 Å². The van der Waals surface area contributed by atoms with Crippen LogP contribution in [-0.4, -0.2) is 16.2 Å². The number of primary amides is 1. The number of nitrogens with zero attached hydrogens (tertiary/aromatic N) is 1. The predicted octanol–water partition coefficient (Wildman–Crippen LogP) is 1.23. The predicted molar refractivity (Wildman–Crippen MR) is 55.6 cm³/mol. The molecule has 0 spiro atoms. The number of non-ortho nitro benzene ring substituents is 1. The van der Waals surface area contributed by atoms with Crippen LogP contribution in [0.25, 0.3) is 0 Å². The molecule has 6 heteroatoms. The Morgan fingerprint density at radius 2 is 2.00 bits per heavy atom. The number of carbonyl (C=O) groups excluding carboxylic acids is 1. The number of nitro benzene ring substituents is 1. The molecule has 1 rings (SSSR count). The van der Waals surface area contributed by atoms with Gasteiger partial charge in [0, 0.05) is 12.1 Å². The maximum atomic E-state index is 10.7. The van der Waals surface area contributed by atoms with Crippen LogP contribution in [0, 0.1) is 10.1 Å². The zero-order chi connectivity index (χ0) is 11.4. The van der Waals surface area contributed by atoms with Gasteiger partial charge in [0.25, 0.3) is 5.69 Å². The molecule has 0 saturated carbocycles. The highest BCUT2D eigenvalue weighted by Gasteiger charge is 2.12. The summed E-state index contributed by atoms with van der Waals surface area (Å²) >= 11 is 5.64. The summed E-state index contributed by atoms with van der Waals surface area (Å²) in [4.78, 5) is 20.5. The van der Waals surface area contributed by atoms with Gasteiger partial charge in [-0.1, -0.05) is 12.1 Å². The van der Waals surface area contributed by atoms with Crippen molar-refractivity contribution in [3.05, 3.63) is 39.9 Å². The fraction of sp³-hybridized carbons (Fsp3) is 0.222. The first-order chi connectivity index (χ1) is 7.00. The number of alkyl halides is 1. The molecular weight excluding hydrogens is 220 g/mol. The van der Waals surface area contributed by atoms with Gasteiger partial charge >= 0.3 is 0 Å². The zero-order valence-electron chi connectivity index (χ0n) is 7.72. The Balaban J connectivity index is 2.72. The van der Waals surface area contributed by atoms with Crippen molar-refractivity contribution in [3.8, 4) is 0 Å².